The maximum atomic E-state index is 11.8. The van der Waals surface area contributed by atoms with E-state index >= 15 is 0 Å². The number of benzene rings is 1. The van der Waals surface area contributed by atoms with E-state index in [2.05, 4.69) is 11.6 Å². The fourth-order valence-electron chi connectivity index (χ4n) is 1.39. The van der Waals surface area contributed by atoms with Crippen LogP contribution in [0, 0.1) is 0 Å². The monoisotopic (exact) mass is 272 g/mol. The molecule has 0 saturated carbocycles. The standard InChI is InChI=1S/C12H17ClN2OS/c1-17-8-3-2-7-15-12(16)9-5-4-6-10(14)11(9)13/h4-6H,2-3,7-8,14H2,1H3,(H,15,16). The van der Waals surface area contributed by atoms with Crippen LogP contribution in [0.2, 0.25) is 5.02 Å². The molecule has 0 saturated heterocycles. The predicted octanol–water partition coefficient (Wildman–Crippen LogP) is 2.80. The van der Waals surface area contributed by atoms with E-state index in [-0.39, 0.29) is 5.91 Å². The van der Waals surface area contributed by atoms with E-state index in [0.29, 0.717) is 22.8 Å². The molecule has 5 heteroatoms. The molecule has 0 heterocycles. The van der Waals surface area contributed by atoms with Crippen molar-refractivity contribution < 1.29 is 4.79 Å². The Morgan fingerprint density at radius 1 is 1.47 bits per heavy atom. The summed E-state index contributed by atoms with van der Waals surface area (Å²) in [6.07, 6.45) is 4.16. The molecule has 0 aliphatic rings. The van der Waals surface area contributed by atoms with Crippen LogP contribution in [0.1, 0.15) is 23.2 Å². The molecular weight excluding hydrogens is 256 g/mol. The second kappa shape index (κ2) is 7.45. The highest BCUT2D eigenvalue weighted by molar-refractivity contribution is 7.98. The highest BCUT2D eigenvalue weighted by atomic mass is 35.5. The van der Waals surface area contributed by atoms with Crippen LogP contribution in [0.3, 0.4) is 0 Å². The van der Waals surface area contributed by atoms with Crippen molar-refractivity contribution in [2.75, 3.05) is 24.3 Å². The molecule has 0 atom stereocenters. The van der Waals surface area contributed by atoms with Gasteiger partial charge in [0.2, 0.25) is 0 Å². The Labute approximate surface area is 111 Å². The molecule has 0 spiro atoms. The van der Waals surface area contributed by atoms with Crippen molar-refractivity contribution in [2.45, 2.75) is 12.8 Å². The zero-order valence-corrected chi connectivity index (χ0v) is 11.4. The largest absolute Gasteiger partial charge is 0.398 e. The van der Waals surface area contributed by atoms with Crippen LogP contribution in [0.15, 0.2) is 18.2 Å². The van der Waals surface area contributed by atoms with Crippen molar-refractivity contribution in [3.8, 4) is 0 Å². The Balaban J connectivity index is 2.44. The summed E-state index contributed by atoms with van der Waals surface area (Å²) in [6.45, 7) is 0.671. The Hall–Kier alpha value is -0.870. The van der Waals surface area contributed by atoms with E-state index < -0.39 is 0 Å². The first-order valence-corrected chi connectivity index (χ1v) is 7.25. The van der Waals surface area contributed by atoms with Gasteiger partial charge in [0.15, 0.2) is 0 Å². The smallest absolute Gasteiger partial charge is 0.252 e. The molecule has 1 aromatic rings. The minimum absolute atomic E-state index is 0.161. The molecule has 3 N–H and O–H groups in total. The third kappa shape index (κ3) is 4.48. The number of carbonyl (C=O) groups excluding carboxylic acids is 1. The molecule has 0 unspecified atom stereocenters. The highest BCUT2D eigenvalue weighted by Crippen LogP contribution is 2.22. The van der Waals surface area contributed by atoms with Gasteiger partial charge in [0.1, 0.15) is 0 Å². The van der Waals surface area contributed by atoms with Gasteiger partial charge in [-0.2, -0.15) is 11.8 Å². The van der Waals surface area contributed by atoms with Gasteiger partial charge in [-0.05, 0) is 37.0 Å². The summed E-state index contributed by atoms with van der Waals surface area (Å²) in [5.41, 5.74) is 6.51. The van der Waals surface area contributed by atoms with Gasteiger partial charge in [-0.1, -0.05) is 17.7 Å². The van der Waals surface area contributed by atoms with Crippen molar-refractivity contribution in [1.29, 1.82) is 0 Å². The third-order valence-corrected chi connectivity index (χ3v) is 3.45. The average Bonchev–Trinajstić information content (AvgIpc) is 2.32. The van der Waals surface area contributed by atoms with Crippen LogP contribution in [0.4, 0.5) is 5.69 Å². The Kier molecular flexibility index (Phi) is 6.22. The number of thioether (sulfide) groups is 1. The molecule has 1 aromatic carbocycles. The molecular formula is C12H17ClN2OS. The lowest BCUT2D eigenvalue weighted by molar-refractivity contribution is 0.0953. The molecule has 0 aromatic heterocycles. The van der Waals surface area contributed by atoms with E-state index in [4.69, 9.17) is 17.3 Å². The van der Waals surface area contributed by atoms with Gasteiger partial charge in [0.05, 0.1) is 16.3 Å². The summed E-state index contributed by atoms with van der Waals surface area (Å²) < 4.78 is 0. The summed E-state index contributed by atoms with van der Waals surface area (Å²) >= 11 is 7.77. The van der Waals surface area contributed by atoms with Gasteiger partial charge in [0, 0.05) is 6.54 Å². The summed E-state index contributed by atoms with van der Waals surface area (Å²) in [6, 6.07) is 5.08. The van der Waals surface area contributed by atoms with E-state index in [0.717, 1.165) is 18.6 Å². The fraction of sp³-hybridized carbons (Fsp3) is 0.417. The molecule has 3 nitrogen and oxygen atoms in total. The number of amides is 1. The first kappa shape index (κ1) is 14.2. The van der Waals surface area contributed by atoms with Crippen molar-refractivity contribution >= 4 is 35.0 Å². The zero-order chi connectivity index (χ0) is 12.7. The molecule has 1 amide bonds. The number of nitrogens with one attached hydrogen (secondary N) is 1. The molecule has 0 aliphatic carbocycles. The maximum absolute atomic E-state index is 11.8. The maximum Gasteiger partial charge on any atom is 0.252 e. The Morgan fingerprint density at radius 2 is 2.24 bits per heavy atom. The summed E-state index contributed by atoms with van der Waals surface area (Å²) in [7, 11) is 0. The molecule has 0 aliphatic heterocycles. The van der Waals surface area contributed by atoms with E-state index in [1.165, 1.54) is 0 Å². The van der Waals surface area contributed by atoms with Crippen molar-refractivity contribution in [3.63, 3.8) is 0 Å². The first-order chi connectivity index (χ1) is 8.16. The minimum Gasteiger partial charge on any atom is -0.398 e. The predicted molar refractivity (Wildman–Crippen MR) is 75.8 cm³/mol. The lowest BCUT2D eigenvalue weighted by Gasteiger charge is -2.07. The topological polar surface area (TPSA) is 55.1 Å². The van der Waals surface area contributed by atoms with Gasteiger partial charge in [-0.3, -0.25) is 4.79 Å². The van der Waals surface area contributed by atoms with Gasteiger partial charge in [-0.15, -0.1) is 0 Å². The van der Waals surface area contributed by atoms with Gasteiger partial charge in [-0.25, -0.2) is 0 Å². The lowest BCUT2D eigenvalue weighted by Crippen LogP contribution is -2.25. The number of rotatable bonds is 6. The van der Waals surface area contributed by atoms with Gasteiger partial charge in [0.25, 0.3) is 5.91 Å². The molecule has 0 fully saturated rings. The Bertz CT molecular complexity index is 385. The van der Waals surface area contributed by atoms with E-state index in [1.807, 2.05) is 11.8 Å². The summed E-state index contributed by atoms with van der Waals surface area (Å²) in [5, 5.41) is 3.17. The van der Waals surface area contributed by atoms with Crippen molar-refractivity contribution in [3.05, 3.63) is 28.8 Å². The number of hydrogen-bond acceptors (Lipinski definition) is 3. The normalized spacial score (nSPS) is 10.2. The number of carbonyl (C=O) groups is 1. The second-order valence-electron chi connectivity index (χ2n) is 3.66. The quantitative estimate of drug-likeness (QED) is 0.618. The number of anilines is 1. The summed E-state index contributed by atoms with van der Waals surface area (Å²) in [4.78, 5) is 11.8. The number of halogens is 1. The van der Waals surface area contributed by atoms with Crippen molar-refractivity contribution in [2.24, 2.45) is 0 Å². The average molecular weight is 273 g/mol. The molecule has 0 bridgehead atoms. The van der Waals surface area contributed by atoms with Crippen LogP contribution in [0.5, 0.6) is 0 Å². The van der Waals surface area contributed by atoms with Crippen LogP contribution in [-0.4, -0.2) is 24.5 Å². The molecule has 1 rings (SSSR count). The number of unbranched alkanes of at least 4 members (excludes halogenated alkanes) is 1. The zero-order valence-electron chi connectivity index (χ0n) is 9.83. The third-order valence-electron chi connectivity index (χ3n) is 2.33. The van der Waals surface area contributed by atoms with Crippen LogP contribution < -0.4 is 11.1 Å². The van der Waals surface area contributed by atoms with Crippen molar-refractivity contribution in [1.82, 2.24) is 5.32 Å². The van der Waals surface area contributed by atoms with E-state index in [9.17, 15) is 4.79 Å². The first-order valence-electron chi connectivity index (χ1n) is 5.48. The van der Waals surface area contributed by atoms with E-state index in [1.54, 1.807) is 18.2 Å². The number of nitrogen functional groups attached to an aromatic ring is 1. The van der Waals surface area contributed by atoms with Crippen LogP contribution in [-0.2, 0) is 0 Å². The fourth-order valence-corrected chi connectivity index (χ4v) is 2.10. The summed E-state index contributed by atoms with van der Waals surface area (Å²) in [5.74, 6) is 0.959. The number of hydrogen-bond donors (Lipinski definition) is 2. The second-order valence-corrected chi connectivity index (χ2v) is 5.03. The number of nitrogens with two attached hydrogens (primary N) is 1. The molecule has 17 heavy (non-hydrogen) atoms. The molecule has 94 valence electrons. The molecule has 0 radical (unpaired) electrons. The van der Waals surface area contributed by atoms with Crippen LogP contribution in [0.25, 0.3) is 0 Å². The lowest BCUT2D eigenvalue weighted by atomic mass is 10.2. The highest BCUT2D eigenvalue weighted by Gasteiger charge is 2.10. The SMILES string of the molecule is CSCCCCNC(=O)c1cccc(N)c1Cl. The van der Waals surface area contributed by atoms with Gasteiger partial charge < -0.3 is 11.1 Å². The Morgan fingerprint density at radius 3 is 2.94 bits per heavy atom. The van der Waals surface area contributed by atoms with Crippen LogP contribution >= 0.6 is 23.4 Å². The minimum atomic E-state index is -0.161. The van der Waals surface area contributed by atoms with Gasteiger partial charge >= 0.3 is 0 Å².